The Morgan fingerprint density at radius 1 is 0.974 bits per heavy atom. The second-order valence-electron chi connectivity index (χ2n) is 10.6. The lowest BCUT2D eigenvalue weighted by Crippen LogP contribution is -2.54. The first kappa shape index (κ1) is 26.2. The van der Waals surface area contributed by atoms with Crippen LogP contribution in [0.25, 0.3) is 0 Å². The van der Waals surface area contributed by atoms with Gasteiger partial charge >= 0.3 is 6.09 Å². The number of nitrogens with zero attached hydrogens (tertiary/aromatic N) is 3. The van der Waals surface area contributed by atoms with E-state index in [4.69, 9.17) is 14.7 Å². The summed E-state index contributed by atoms with van der Waals surface area (Å²) in [7, 11) is 0. The average molecular weight is 524 g/mol. The molecule has 0 radical (unpaired) electrons. The highest BCUT2D eigenvalue weighted by Crippen LogP contribution is 2.30. The fraction of sp³-hybridized carbons (Fsp3) is 0.290. The van der Waals surface area contributed by atoms with Crippen molar-refractivity contribution in [2.45, 2.75) is 45.0 Å². The number of ether oxygens (including phenoxy) is 1. The van der Waals surface area contributed by atoms with Gasteiger partial charge in [-0.15, -0.1) is 0 Å². The summed E-state index contributed by atoms with van der Waals surface area (Å²) in [5.41, 5.74) is 3.91. The van der Waals surface area contributed by atoms with E-state index in [1.165, 1.54) is 0 Å². The largest absolute Gasteiger partial charge is 0.444 e. The number of para-hydroxylation sites is 1. The van der Waals surface area contributed by atoms with Crippen LogP contribution < -0.4 is 15.5 Å². The van der Waals surface area contributed by atoms with Crippen molar-refractivity contribution in [2.24, 2.45) is 9.98 Å². The molecule has 8 heteroatoms. The number of aliphatic imine (C=N–C) groups is 2. The first-order valence-electron chi connectivity index (χ1n) is 13.2. The summed E-state index contributed by atoms with van der Waals surface area (Å²) in [5.74, 6) is 0.309. The van der Waals surface area contributed by atoms with Crippen LogP contribution in [-0.4, -0.2) is 54.4 Å². The van der Waals surface area contributed by atoms with Gasteiger partial charge in [-0.05, 0) is 32.4 Å². The molecule has 0 saturated carbocycles. The molecule has 0 aromatic heterocycles. The van der Waals surface area contributed by atoms with Crippen LogP contribution in [0.2, 0.25) is 0 Å². The number of nitrogens with one attached hydrogen (secondary N) is 2. The van der Waals surface area contributed by atoms with Gasteiger partial charge < -0.3 is 20.3 Å². The summed E-state index contributed by atoms with van der Waals surface area (Å²) in [5, 5.41) is 5.86. The Hall–Kier alpha value is -4.46. The highest BCUT2D eigenvalue weighted by Gasteiger charge is 2.35. The SMILES string of the molecule is CC(C)(C)OC(=O)N[C@@H](Cc1ccccc1)C(=O)NC1N=C(c2ccccc2)c2ccccc2N2CCN=C12. The van der Waals surface area contributed by atoms with E-state index in [0.717, 1.165) is 28.1 Å². The number of benzene rings is 3. The topological polar surface area (TPSA) is 95.4 Å². The molecule has 2 aliphatic heterocycles. The predicted octanol–water partition coefficient (Wildman–Crippen LogP) is 4.33. The Bertz CT molecular complexity index is 1400. The number of amidine groups is 1. The van der Waals surface area contributed by atoms with Crippen molar-refractivity contribution in [1.82, 2.24) is 10.6 Å². The smallest absolute Gasteiger partial charge is 0.408 e. The molecule has 2 aliphatic rings. The van der Waals surface area contributed by atoms with E-state index in [0.29, 0.717) is 25.3 Å². The zero-order chi connectivity index (χ0) is 27.4. The van der Waals surface area contributed by atoms with E-state index in [-0.39, 0.29) is 5.91 Å². The summed E-state index contributed by atoms with van der Waals surface area (Å²) >= 11 is 0. The van der Waals surface area contributed by atoms with E-state index < -0.39 is 23.9 Å². The summed E-state index contributed by atoms with van der Waals surface area (Å²) in [6.07, 6.45) is -1.09. The molecule has 0 bridgehead atoms. The van der Waals surface area contributed by atoms with Crippen LogP contribution in [0.3, 0.4) is 0 Å². The lowest BCUT2D eigenvalue weighted by molar-refractivity contribution is -0.123. The van der Waals surface area contributed by atoms with E-state index in [1.54, 1.807) is 20.8 Å². The van der Waals surface area contributed by atoms with Crippen molar-refractivity contribution in [3.8, 4) is 0 Å². The predicted molar refractivity (Wildman–Crippen MR) is 153 cm³/mol. The Balaban J connectivity index is 1.48. The van der Waals surface area contributed by atoms with Gasteiger partial charge in [-0.1, -0.05) is 78.9 Å². The minimum Gasteiger partial charge on any atom is -0.444 e. The summed E-state index contributed by atoms with van der Waals surface area (Å²) in [6, 6.07) is 26.7. The fourth-order valence-electron chi connectivity index (χ4n) is 4.78. The van der Waals surface area contributed by atoms with Crippen LogP contribution in [0.5, 0.6) is 0 Å². The van der Waals surface area contributed by atoms with Crippen molar-refractivity contribution in [3.05, 3.63) is 102 Å². The number of carbonyl (C=O) groups is 2. The highest BCUT2D eigenvalue weighted by atomic mass is 16.6. The maximum Gasteiger partial charge on any atom is 0.408 e. The molecule has 1 unspecified atom stereocenters. The van der Waals surface area contributed by atoms with Crippen LogP contribution in [0, 0.1) is 0 Å². The summed E-state index contributed by atoms with van der Waals surface area (Å²) in [4.78, 5) is 38.4. The molecule has 3 aromatic carbocycles. The number of hydrogen-bond donors (Lipinski definition) is 2. The minimum atomic E-state index is -0.876. The second-order valence-corrected chi connectivity index (χ2v) is 10.6. The molecular weight excluding hydrogens is 490 g/mol. The molecule has 3 aromatic rings. The van der Waals surface area contributed by atoms with Gasteiger partial charge in [-0.3, -0.25) is 14.8 Å². The Labute approximate surface area is 228 Å². The summed E-state index contributed by atoms with van der Waals surface area (Å²) in [6.45, 7) is 6.66. The number of rotatable bonds is 6. The number of hydrogen-bond acceptors (Lipinski definition) is 6. The fourth-order valence-corrected chi connectivity index (χ4v) is 4.78. The molecule has 2 amide bonds. The van der Waals surface area contributed by atoms with E-state index in [1.807, 2.05) is 78.9 Å². The monoisotopic (exact) mass is 523 g/mol. The number of alkyl carbamates (subject to hydrolysis) is 1. The first-order chi connectivity index (χ1) is 18.8. The number of fused-ring (bicyclic) bond motifs is 3. The molecule has 0 spiro atoms. The van der Waals surface area contributed by atoms with Crippen molar-refractivity contribution < 1.29 is 14.3 Å². The van der Waals surface area contributed by atoms with E-state index in [9.17, 15) is 9.59 Å². The van der Waals surface area contributed by atoms with Gasteiger partial charge in [0.15, 0.2) is 6.17 Å². The summed E-state index contributed by atoms with van der Waals surface area (Å²) < 4.78 is 5.46. The first-order valence-corrected chi connectivity index (χ1v) is 13.2. The molecule has 0 aliphatic carbocycles. The van der Waals surface area contributed by atoms with Crippen molar-refractivity contribution in [1.29, 1.82) is 0 Å². The molecule has 2 N–H and O–H groups in total. The van der Waals surface area contributed by atoms with Crippen LogP contribution in [0.4, 0.5) is 10.5 Å². The number of amides is 2. The van der Waals surface area contributed by atoms with E-state index >= 15 is 0 Å². The van der Waals surface area contributed by atoms with Gasteiger partial charge in [0.1, 0.15) is 17.5 Å². The normalized spacial score (nSPS) is 17.1. The van der Waals surface area contributed by atoms with Gasteiger partial charge in [0, 0.05) is 24.1 Å². The lowest BCUT2D eigenvalue weighted by Gasteiger charge is -2.26. The van der Waals surface area contributed by atoms with Crippen molar-refractivity contribution in [2.75, 3.05) is 18.0 Å². The number of carbonyl (C=O) groups excluding carboxylic acids is 2. The standard InChI is InChI=1S/C31H33N5O3/c1-31(2,3)39-30(38)33-24(20-21-12-6-4-7-13-21)29(37)35-27-28-32-18-19-36(28)25-17-11-10-16-23(25)26(34-27)22-14-8-5-9-15-22/h4-17,24,27H,18-20H2,1-3H3,(H,33,38)(H,35,37)/t24-,27?/m0/s1. The molecule has 2 heterocycles. The molecule has 39 heavy (non-hydrogen) atoms. The molecule has 200 valence electrons. The molecule has 5 rings (SSSR count). The van der Waals surface area contributed by atoms with Crippen LogP contribution >= 0.6 is 0 Å². The van der Waals surface area contributed by atoms with Gasteiger partial charge in [0.2, 0.25) is 5.91 Å². The van der Waals surface area contributed by atoms with Crippen molar-refractivity contribution in [3.63, 3.8) is 0 Å². The van der Waals surface area contributed by atoms with Gasteiger partial charge in [-0.2, -0.15) is 0 Å². The molecule has 0 saturated heterocycles. The Morgan fingerprint density at radius 2 is 1.64 bits per heavy atom. The number of anilines is 1. The van der Waals surface area contributed by atoms with Crippen LogP contribution in [-0.2, 0) is 16.0 Å². The zero-order valence-corrected chi connectivity index (χ0v) is 22.4. The minimum absolute atomic E-state index is 0.296. The highest BCUT2D eigenvalue weighted by molar-refractivity contribution is 6.21. The third-order valence-electron chi connectivity index (χ3n) is 6.44. The Kier molecular flexibility index (Phi) is 7.45. The Morgan fingerprint density at radius 3 is 2.36 bits per heavy atom. The average Bonchev–Trinajstić information content (AvgIpc) is 3.36. The maximum atomic E-state index is 13.8. The van der Waals surface area contributed by atoms with Crippen LogP contribution in [0.1, 0.15) is 37.5 Å². The van der Waals surface area contributed by atoms with Crippen molar-refractivity contribution >= 4 is 29.2 Å². The maximum absolute atomic E-state index is 13.8. The van der Waals surface area contributed by atoms with Crippen LogP contribution in [0.15, 0.2) is 94.9 Å². The lowest BCUT2D eigenvalue weighted by atomic mass is 10.0. The third kappa shape index (κ3) is 6.17. The second kappa shape index (κ2) is 11.1. The van der Waals surface area contributed by atoms with E-state index in [2.05, 4.69) is 21.6 Å². The molecule has 0 fully saturated rings. The zero-order valence-electron chi connectivity index (χ0n) is 22.4. The molecular formula is C31H33N5O3. The van der Waals surface area contributed by atoms with Gasteiger partial charge in [-0.25, -0.2) is 4.79 Å². The van der Waals surface area contributed by atoms with Gasteiger partial charge in [0.05, 0.1) is 17.9 Å². The van der Waals surface area contributed by atoms with Gasteiger partial charge in [0.25, 0.3) is 0 Å². The molecule has 2 atom stereocenters. The quantitative estimate of drug-likeness (QED) is 0.503. The third-order valence-corrected chi connectivity index (χ3v) is 6.44. The molecule has 8 nitrogen and oxygen atoms in total.